The molecule has 0 aromatic carbocycles. The van der Waals surface area contributed by atoms with Crippen LogP contribution < -0.4 is 0 Å². The maximum absolute atomic E-state index is 12.8. The summed E-state index contributed by atoms with van der Waals surface area (Å²) in [6, 6.07) is 0. The van der Waals surface area contributed by atoms with Gasteiger partial charge in [0.2, 0.25) is 0 Å². The van der Waals surface area contributed by atoms with E-state index in [1.807, 2.05) is 0 Å². The van der Waals surface area contributed by atoms with Crippen molar-refractivity contribution >= 4 is 17.9 Å². The fraction of sp³-hybridized carbons (Fsp3) is 0.661. The zero-order chi connectivity index (χ0) is 49.3. The van der Waals surface area contributed by atoms with E-state index < -0.39 is 6.10 Å². The van der Waals surface area contributed by atoms with Gasteiger partial charge in [-0.1, -0.05) is 226 Å². The van der Waals surface area contributed by atoms with Crippen LogP contribution in [0, 0.1) is 0 Å². The maximum Gasteiger partial charge on any atom is 0.306 e. The van der Waals surface area contributed by atoms with Gasteiger partial charge in [0.05, 0.1) is 0 Å². The number of esters is 3. The molecule has 0 spiro atoms. The van der Waals surface area contributed by atoms with Gasteiger partial charge in [-0.3, -0.25) is 14.4 Å². The molecule has 0 N–H and O–H groups in total. The Balaban J connectivity index is 4.18. The van der Waals surface area contributed by atoms with Crippen LogP contribution in [0.1, 0.15) is 245 Å². The molecule has 0 saturated carbocycles. The number of rotatable bonds is 49. The fourth-order valence-electron chi connectivity index (χ4n) is 7.33. The molecule has 1 unspecified atom stereocenters. The molecular weight excluding hydrogens is 841 g/mol. The lowest BCUT2D eigenvalue weighted by Gasteiger charge is -2.18. The molecule has 6 nitrogen and oxygen atoms in total. The molecule has 0 aromatic rings. The molecule has 0 bridgehead atoms. The van der Waals surface area contributed by atoms with E-state index in [-0.39, 0.29) is 31.1 Å². The third-order valence-corrected chi connectivity index (χ3v) is 11.5. The summed E-state index contributed by atoms with van der Waals surface area (Å²) in [4.78, 5) is 37.8. The van der Waals surface area contributed by atoms with E-state index in [2.05, 4.69) is 130 Å². The van der Waals surface area contributed by atoms with Gasteiger partial charge in [-0.25, -0.2) is 0 Å². The minimum absolute atomic E-state index is 0.0882. The molecule has 6 heteroatoms. The Labute approximate surface area is 419 Å². The topological polar surface area (TPSA) is 78.9 Å². The van der Waals surface area contributed by atoms with E-state index in [1.165, 1.54) is 70.6 Å². The zero-order valence-corrected chi connectivity index (χ0v) is 44.1. The highest BCUT2D eigenvalue weighted by molar-refractivity contribution is 5.71. The smallest absolute Gasteiger partial charge is 0.306 e. The molecule has 0 heterocycles. The van der Waals surface area contributed by atoms with Crippen LogP contribution in [-0.2, 0) is 28.6 Å². The molecule has 0 amide bonds. The highest BCUT2D eigenvalue weighted by atomic mass is 16.6. The lowest BCUT2D eigenvalue weighted by atomic mass is 10.1. The first-order chi connectivity index (χ1) is 33.5. The summed E-state index contributed by atoms with van der Waals surface area (Å²) in [5, 5.41) is 0. The molecule has 0 fully saturated rings. The summed E-state index contributed by atoms with van der Waals surface area (Å²) in [6.45, 7) is 6.41. The third kappa shape index (κ3) is 53.0. The highest BCUT2D eigenvalue weighted by Gasteiger charge is 2.19. The number of unbranched alkanes of at least 4 members (excludes halogenated alkanes) is 20. The average Bonchev–Trinajstić information content (AvgIpc) is 3.34. The van der Waals surface area contributed by atoms with Crippen LogP contribution >= 0.6 is 0 Å². The first-order valence-corrected chi connectivity index (χ1v) is 27.9. The van der Waals surface area contributed by atoms with Crippen molar-refractivity contribution in [3.63, 3.8) is 0 Å². The number of allylic oxidation sites excluding steroid dienone is 18. The lowest BCUT2D eigenvalue weighted by molar-refractivity contribution is -0.167. The summed E-state index contributed by atoms with van der Waals surface area (Å²) in [5.41, 5.74) is 0. The molecule has 0 radical (unpaired) electrons. The van der Waals surface area contributed by atoms with Gasteiger partial charge in [0.15, 0.2) is 6.10 Å². The lowest BCUT2D eigenvalue weighted by Crippen LogP contribution is -2.30. The van der Waals surface area contributed by atoms with Gasteiger partial charge >= 0.3 is 17.9 Å². The van der Waals surface area contributed by atoms with Crippen molar-refractivity contribution in [3.8, 4) is 0 Å². The summed E-state index contributed by atoms with van der Waals surface area (Å²) in [6.07, 6.45) is 75.3. The van der Waals surface area contributed by atoms with E-state index in [1.54, 1.807) is 0 Å². The van der Waals surface area contributed by atoms with Gasteiger partial charge in [0.25, 0.3) is 0 Å². The number of hydrogen-bond acceptors (Lipinski definition) is 6. The van der Waals surface area contributed by atoms with E-state index in [9.17, 15) is 14.4 Å². The van der Waals surface area contributed by atoms with Crippen molar-refractivity contribution in [1.82, 2.24) is 0 Å². The van der Waals surface area contributed by atoms with Crippen molar-refractivity contribution in [3.05, 3.63) is 109 Å². The van der Waals surface area contributed by atoms with E-state index in [0.29, 0.717) is 19.3 Å². The van der Waals surface area contributed by atoms with Gasteiger partial charge < -0.3 is 14.2 Å². The summed E-state index contributed by atoms with van der Waals surface area (Å²) in [7, 11) is 0. The Kier molecular flexibility index (Phi) is 52.4. The van der Waals surface area contributed by atoms with Crippen LogP contribution in [0.5, 0.6) is 0 Å². The first kappa shape index (κ1) is 64.1. The van der Waals surface area contributed by atoms with Crippen molar-refractivity contribution in [2.24, 2.45) is 0 Å². The van der Waals surface area contributed by atoms with E-state index in [0.717, 1.165) is 135 Å². The Hall–Kier alpha value is -3.93. The largest absolute Gasteiger partial charge is 0.462 e. The molecule has 0 aliphatic rings. The van der Waals surface area contributed by atoms with Crippen LogP contribution in [0.15, 0.2) is 109 Å². The van der Waals surface area contributed by atoms with Crippen LogP contribution in [0.4, 0.5) is 0 Å². The average molecular weight is 943 g/mol. The molecule has 1 atom stereocenters. The standard InChI is InChI=1S/C62H102O6/c1-4-7-10-13-16-18-20-22-24-25-26-27-28-29-30-31-32-33-34-35-36-37-39-40-42-44-46-49-52-55-61(64)67-58-59(57-66-60(63)54-51-48-15-12-9-6-3)68-62(65)56-53-50-47-45-43-41-38-23-21-19-17-14-11-8-5-2/h7,10,16-19,22-24,26-27,29-30,32-33,35-36,38,59H,4-6,8-9,11-15,20-21,25,28,31,34,37,39-58H2,1-3H3/b10-7-,18-16-,19-17-,24-22-,27-26-,30-29-,33-32-,36-35-,38-23-. The number of hydrogen-bond donors (Lipinski definition) is 0. The molecular formula is C62H102O6. The minimum atomic E-state index is -0.788. The van der Waals surface area contributed by atoms with Gasteiger partial charge in [-0.05, 0) is 109 Å². The Morgan fingerprint density at radius 1 is 0.309 bits per heavy atom. The van der Waals surface area contributed by atoms with Gasteiger partial charge in [0.1, 0.15) is 13.2 Å². The van der Waals surface area contributed by atoms with Gasteiger partial charge in [-0.15, -0.1) is 0 Å². The first-order valence-electron chi connectivity index (χ1n) is 27.9. The van der Waals surface area contributed by atoms with Crippen LogP contribution in [0.2, 0.25) is 0 Å². The second kappa shape index (κ2) is 55.7. The molecule has 0 aliphatic heterocycles. The van der Waals surface area contributed by atoms with Crippen molar-refractivity contribution in [2.45, 2.75) is 252 Å². The quantitative estimate of drug-likeness (QED) is 0.0262. The van der Waals surface area contributed by atoms with Crippen molar-refractivity contribution in [2.75, 3.05) is 13.2 Å². The summed E-state index contributed by atoms with van der Waals surface area (Å²) >= 11 is 0. The highest BCUT2D eigenvalue weighted by Crippen LogP contribution is 2.14. The van der Waals surface area contributed by atoms with Crippen molar-refractivity contribution < 1.29 is 28.6 Å². The maximum atomic E-state index is 12.8. The Morgan fingerprint density at radius 2 is 0.574 bits per heavy atom. The summed E-state index contributed by atoms with van der Waals surface area (Å²) < 4.78 is 16.7. The predicted molar refractivity (Wildman–Crippen MR) is 293 cm³/mol. The molecule has 68 heavy (non-hydrogen) atoms. The number of ether oxygens (including phenoxy) is 3. The van der Waals surface area contributed by atoms with Crippen molar-refractivity contribution in [1.29, 1.82) is 0 Å². The third-order valence-electron chi connectivity index (χ3n) is 11.5. The minimum Gasteiger partial charge on any atom is -0.462 e. The molecule has 0 saturated heterocycles. The second-order valence-electron chi connectivity index (χ2n) is 18.1. The zero-order valence-electron chi connectivity index (χ0n) is 44.1. The second-order valence-corrected chi connectivity index (χ2v) is 18.1. The SMILES string of the molecule is CC/C=C\C/C=C\C/C=C\C/C=C\C/C=C\C/C=C\C/C=C\CCCCCCCCCC(=O)OCC(COC(=O)CCCCCCCC)OC(=O)CCCCCCC/C=C\C/C=C\CCCCC. The summed E-state index contributed by atoms with van der Waals surface area (Å²) in [5.74, 6) is -0.926. The van der Waals surface area contributed by atoms with Gasteiger partial charge in [0, 0.05) is 19.3 Å². The molecule has 386 valence electrons. The van der Waals surface area contributed by atoms with Crippen LogP contribution in [0.3, 0.4) is 0 Å². The van der Waals surface area contributed by atoms with Crippen LogP contribution in [-0.4, -0.2) is 37.2 Å². The fourth-order valence-corrected chi connectivity index (χ4v) is 7.33. The predicted octanol–water partition coefficient (Wildman–Crippen LogP) is 18.7. The Morgan fingerprint density at radius 3 is 0.926 bits per heavy atom. The normalized spacial score (nSPS) is 12.9. The van der Waals surface area contributed by atoms with Gasteiger partial charge in [-0.2, -0.15) is 0 Å². The monoisotopic (exact) mass is 943 g/mol. The van der Waals surface area contributed by atoms with E-state index >= 15 is 0 Å². The van der Waals surface area contributed by atoms with Crippen LogP contribution in [0.25, 0.3) is 0 Å². The molecule has 0 aliphatic carbocycles. The van der Waals surface area contributed by atoms with E-state index in [4.69, 9.17) is 14.2 Å². The molecule has 0 aromatic heterocycles. The Bertz CT molecular complexity index is 1410. The number of carbonyl (C=O) groups excluding carboxylic acids is 3. The number of carbonyl (C=O) groups is 3. The molecule has 0 rings (SSSR count).